The van der Waals surface area contributed by atoms with Crippen molar-refractivity contribution in [2.75, 3.05) is 19.8 Å². The lowest BCUT2D eigenvalue weighted by Gasteiger charge is -2.39. The summed E-state index contributed by atoms with van der Waals surface area (Å²) in [7, 11) is 0. The zero-order chi connectivity index (χ0) is 29.1. The molecule has 15 heteroatoms. The minimum atomic E-state index is -5.08. The van der Waals surface area contributed by atoms with Crippen LogP contribution in [0.25, 0.3) is 0 Å². The van der Waals surface area contributed by atoms with Crippen molar-refractivity contribution < 1.29 is 55.6 Å². The first-order valence-electron chi connectivity index (χ1n) is 11.9. The first-order valence-corrected chi connectivity index (χ1v) is 11.9. The fraction of sp³-hybridized carbons (Fsp3) is 0.542. The molecule has 1 aromatic heterocycles. The maximum Gasteiger partial charge on any atom is 0.490 e. The van der Waals surface area contributed by atoms with Gasteiger partial charge >= 0.3 is 24.3 Å². The summed E-state index contributed by atoms with van der Waals surface area (Å²) in [6, 6.07) is 13.2. The fourth-order valence-corrected chi connectivity index (χ4v) is 4.08. The number of nitrogens with zero attached hydrogens (tertiary/aromatic N) is 3. The number of carbonyl (C=O) groups is 2. The third kappa shape index (κ3) is 11.2. The molecule has 39 heavy (non-hydrogen) atoms. The quantitative estimate of drug-likeness (QED) is 0.380. The van der Waals surface area contributed by atoms with Crippen molar-refractivity contribution in [2.45, 2.75) is 63.0 Å². The smallest absolute Gasteiger partial charge is 0.475 e. The number of aliphatic carboxylic acids is 2. The molecule has 9 nitrogen and oxygen atoms in total. The Hall–Kier alpha value is -3.17. The number of hydrogen-bond acceptors (Lipinski definition) is 6. The summed E-state index contributed by atoms with van der Waals surface area (Å²) in [5, 5.41) is 18.5. The monoisotopic (exact) mass is 569 g/mol. The Balaban J connectivity index is 0.000000317. The number of ether oxygens (including phenoxy) is 2. The molecule has 1 saturated carbocycles. The SMILES string of the molecule is O=C(O)C(F)(F)F.O=C(O)C(F)(F)F.c1ccc(CN2CCO[C@H]3[C@H](OCCCn4cccn4)CC[C@@H]32)cc1. The van der Waals surface area contributed by atoms with E-state index < -0.39 is 24.3 Å². The number of carboxylic acids is 2. The molecule has 4 rings (SSSR count). The van der Waals surface area contributed by atoms with Gasteiger partial charge in [0.05, 0.1) is 18.8 Å². The fourth-order valence-electron chi connectivity index (χ4n) is 4.08. The molecular formula is C24H29F6N3O6. The lowest BCUT2D eigenvalue weighted by molar-refractivity contribution is -0.193. The number of carboxylic acid groups (broad SMARTS) is 2. The van der Waals surface area contributed by atoms with Gasteiger partial charge in [0.2, 0.25) is 0 Å². The molecule has 2 fully saturated rings. The number of aromatic nitrogens is 2. The van der Waals surface area contributed by atoms with E-state index in [1.54, 1.807) is 0 Å². The summed E-state index contributed by atoms with van der Waals surface area (Å²) in [5.74, 6) is -5.51. The molecule has 0 spiro atoms. The lowest BCUT2D eigenvalue weighted by atomic mass is 10.1. The largest absolute Gasteiger partial charge is 0.490 e. The minimum absolute atomic E-state index is 0.224. The Kier molecular flexibility index (Phi) is 12.2. The van der Waals surface area contributed by atoms with Gasteiger partial charge in [0, 0.05) is 44.7 Å². The van der Waals surface area contributed by atoms with Crippen molar-refractivity contribution in [3.05, 3.63) is 54.4 Å². The molecule has 1 aliphatic heterocycles. The van der Waals surface area contributed by atoms with Gasteiger partial charge in [-0.1, -0.05) is 30.3 Å². The van der Waals surface area contributed by atoms with E-state index in [0.717, 1.165) is 45.7 Å². The Morgan fingerprint density at radius 1 is 1.00 bits per heavy atom. The van der Waals surface area contributed by atoms with Crippen LogP contribution in [0.2, 0.25) is 0 Å². The first-order chi connectivity index (χ1) is 18.3. The molecule has 2 N–H and O–H groups in total. The van der Waals surface area contributed by atoms with E-state index in [9.17, 15) is 26.3 Å². The summed E-state index contributed by atoms with van der Waals surface area (Å²) in [6.45, 7) is 4.52. The van der Waals surface area contributed by atoms with Crippen LogP contribution in [0.5, 0.6) is 0 Å². The molecular weight excluding hydrogens is 540 g/mol. The summed E-state index contributed by atoms with van der Waals surface area (Å²) in [4.78, 5) is 20.4. The standard InChI is InChI=1S/C20H27N3O2.2C2HF3O2/c1-2-6-17(7-3-1)16-22-13-15-25-20-18(22)8-9-19(20)24-14-5-12-23-11-4-10-21-23;2*3-2(4,5)1(6)7/h1-4,6-7,10-11,18-20H,5,8-9,12-16H2;2*(H,6,7)/t18-,19+,20+;;/m0../s1. The maximum absolute atomic E-state index is 10.6. The van der Waals surface area contributed by atoms with Gasteiger partial charge in [0.25, 0.3) is 0 Å². The molecule has 0 radical (unpaired) electrons. The van der Waals surface area contributed by atoms with E-state index >= 15 is 0 Å². The van der Waals surface area contributed by atoms with Gasteiger partial charge in [-0.15, -0.1) is 0 Å². The zero-order valence-corrected chi connectivity index (χ0v) is 20.6. The van der Waals surface area contributed by atoms with E-state index in [2.05, 4.69) is 40.3 Å². The Morgan fingerprint density at radius 3 is 2.15 bits per heavy atom. The van der Waals surface area contributed by atoms with Gasteiger partial charge < -0.3 is 19.7 Å². The lowest BCUT2D eigenvalue weighted by Crippen LogP contribution is -2.51. The first kappa shape index (κ1) is 32.0. The summed E-state index contributed by atoms with van der Waals surface area (Å²) >= 11 is 0. The molecule has 1 aliphatic carbocycles. The number of halogens is 6. The van der Waals surface area contributed by atoms with Gasteiger partial charge in [-0.25, -0.2) is 9.59 Å². The van der Waals surface area contributed by atoms with Crippen LogP contribution in [0, 0.1) is 0 Å². The maximum atomic E-state index is 10.6. The van der Waals surface area contributed by atoms with Crippen LogP contribution in [0.4, 0.5) is 26.3 Å². The van der Waals surface area contributed by atoms with Gasteiger partial charge in [0.1, 0.15) is 0 Å². The van der Waals surface area contributed by atoms with Gasteiger partial charge in [-0.05, 0) is 30.9 Å². The van der Waals surface area contributed by atoms with Crippen LogP contribution in [0.1, 0.15) is 24.8 Å². The number of benzene rings is 1. The Morgan fingerprint density at radius 2 is 1.62 bits per heavy atom. The number of fused-ring (bicyclic) bond motifs is 1. The predicted octanol–water partition coefficient (Wildman–Crippen LogP) is 3.99. The van der Waals surface area contributed by atoms with Crippen molar-refractivity contribution in [1.82, 2.24) is 14.7 Å². The highest BCUT2D eigenvalue weighted by Gasteiger charge is 2.43. The van der Waals surface area contributed by atoms with Gasteiger partial charge in [0.15, 0.2) is 0 Å². The van der Waals surface area contributed by atoms with E-state index in [1.165, 1.54) is 12.0 Å². The molecule has 1 aromatic carbocycles. The van der Waals surface area contributed by atoms with Crippen molar-refractivity contribution in [3.8, 4) is 0 Å². The topological polar surface area (TPSA) is 114 Å². The van der Waals surface area contributed by atoms with Crippen molar-refractivity contribution in [1.29, 1.82) is 0 Å². The highest BCUT2D eigenvalue weighted by molar-refractivity contribution is 5.73. The number of hydrogen-bond donors (Lipinski definition) is 2. The van der Waals surface area contributed by atoms with Crippen molar-refractivity contribution >= 4 is 11.9 Å². The number of morpholine rings is 1. The second-order valence-electron chi connectivity index (χ2n) is 8.57. The minimum Gasteiger partial charge on any atom is -0.475 e. The van der Waals surface area contributed by atoms with E-state index in [1.807, 2.05) is 23.1 Å². The Labute approximate surface area is 219 Å². The number of alkyl halides is 6. The number of aryl methyl sites for hydroxylation is 1. The van der Waals surface area contributed by atoms with Crippen molar-refractivity contribution in [3.63, 3.8) is 0 Å². The second-order valence-corrected chi connectivity index (χ2v) is 8.57. The van der Waals surface area contributed by atoms with Crippen LogP contribution in [-0.2, 0) is 32.2 Å². The van der Waals surface area contributed by atoms with E-state index in [-0.39, 0.29) is 12.2 Å². The molecule has 0 bridgehead atoms. The Bertz CT molecular complexity index is 980. The third-order valence-electron chi connectivity index (χ3n) is 5.79. The summed E-state index contributed by atoms with van der Waals surface area (Å²) in [5.41, 5.74) is 1.38. The molecule has 1 saturated heterocycles. The predicted molar refractivity (Wildman–Crippen MR) is 124 cm³/mol. The van der Waals surface area contributed by atoms with Crippen LogP contribution >= 0.6 is 0 Å². The molecule has 2 heterocycles. The third-order valence-corrected chi connectivity index (χ3v) is 5.79. The van der Waals surface area contributed by atoms with E-state index in [0.29, 0.717) is 6.04 Å². The summed E-state index contributed by atoms with van der Waals surface area (Å²) < 4.78 is 77.7. The normalized spacial score (nSPS) is 21.1. The molecule has 218 valence electrons. The van der Waals surface area contributed by atoms with Gasteiger partial charge in [-0.3, -0.25) is 9.58 Å². The van der Waals surface area contributed by atoms with Crippen molar-refractivity contribution in [2.24, 2.45) is 0 Å². The van der Waals surface area contributed by atoms with Crippen LogP contribution in [0.3, 0.4) is 0 Å². The van der Waals surface area contributed by atoms with E-state index in [4.69, 9.17) is 29.3 Å². The molecule has 0 amide bonds. The summed E-state index contributed by atoms with van der Waals surface area (Å²) in [6.07, 6.45) is -2.63. The van der Waals surface area contributed by atoms with Crippen LogP contribution in [0.15, 0.2) is 48.8 Å². The average molecular weight is 569 g/mol. The highest BCUT2D eigenvalue weighted by atomic mass is 19.4. The van der Waals surface area contributed by atoms with Crippen LogP contribution < -0.4 is 0 Å². The highest BCUT2D eigenvalue weighted by Crippen LogP contribution is 2.33. The molecule has 2 aromatic rings. The molecule has 0 unspecified atom stereocenters. The zero-order valence-electron chi connectivity index (χ0n) is 20.6. The molecule has 2 aliphatic rings. The second kappa shape index (κ2) is 14.8. The van der Waals surface area contributed by atoms with Crippen LogP contribution in [-0.4, -0.2) is 87.2 Å². The molecule has 3 atom stereocenters. The van der Waals surface area contributed by atoms with Gasteiger partial charge in [-0.2, -0.15) is 31.4 Å². The number of rotatable bonds is 7. The average Bonchev–Trinajstić information content (AvgIpc) is 3.53.